The van der Waals surface area contributed by atoms with E-state index in [0.717, 1.165) is 63.1 Å². The van der Waals surface area contributed by atoms with Crippen LogP contribution < -0.4 is 0 Å². The Balaban J connectivity index is 1.22. The Labute approximate surface area is 185 Å². The van der Waals surface area contributed by atoms with E-state index in [2.05, 4.69) is 20.1 Å². The second kappa shape index (κ2) is 8.50. The van der Waals surface area contributed by atoms with Crippen LogP contribution in [0.4, 0.5) is 9.18 Å². The standard InChI is InChI=1S/C22H27FN6O3/c1-3-18-17-5-4-16(23)10-19(17)29(25-18)21-24-20(32-26-21)15-6-8-27(9-7-15)11-14-12-28(13-14)22(30)31-2/h4-5,10,14-15H,3,6-9,11-13H2,1-2H3. The monoisotopic (exact) mass is 442 g/mol. The summed E-state index contributed by atoms with van der Waals surface area (Å²) in [6.45, 7) is 6.43. The van der Waals surface area contributed by atoms with Gasteiger partial charge in [-0.1, -0.05) is 6.92 Å². The Morgan fingerprint density at radius 2 is 2.06 bits per heavy atom. The molecule has 2 saturated heterocycles. The number of fused-ring (bicyclic) bond motifs is 1. The molecule has 2 fully saturated rings. The first-order valence-corrected chi connectivity index (χ1v) is 11.1. The molecule has 2 aromatic heterocycles. The zero-order chi connectivity index (χ0) is 22.2. The van der Waals surface area contributed by atoms with Crippen molar-refractivity contribution in [3.63, 3.8) is 0 Å². The third-order valence-corrected chi connectivity index (χ3v) is 6.52. The van der Waals surface area contributed by atoms with Gasteiger partial charge in [0.15, 0.2) is 0 Å². The number of piperidine rings is 1. The zero-order valence-electron chi connectivity index (χ0n) is 18.3. The Hall–Kier alpha value is -3.01. The van der Waals surface area contributed by atoms with Crippen LogP contribution in [0, 0.1) is 11.7 Å². The molecule has 1 aromatic carbocycles. The number of benzene rings is 1. The summed E-state index contributed by atoms with van der Waals surface area (Å²) < 4.78 is 25.8. The van der Waals surface area contributed by atoms with Crippen molar-refractivity contribution in [1.82, 2.24) is 29.7 Å². The molecule has 0 spiro atoms. The number of hydrogen-bond donors (Lipinski definition) is 0. The van der Waals surface area contributed by atoms with Crippen LogP contribution in [0.2, 0.25) is 0 Å². The van der Waals surface area contributed by atoms with Crippen LogP contribution in [-0.4, -0.2) is 75.6 Å². The van der Waals surface area contributed by atoms with Gasteiger partial charge in [0.2, 0.25) is 5.89 Å². The fourth-order valence-corrected chi connectivity index (χ4v) is 4.74. The maximum atomic E-state index is 13.8. The summed E-state index contributed by atoms with van der Waals surface area (Å²) in [5.41, 5.74) is 1.52. The number of amides is 1. The second-order valence-electron chi connectivity index (χ2n) is 8.62. The van der Waals surface area contributed by atoms with Crippen molar-refractivity contribution in [2.45, 2.75) is 32.1 Å². The lowest BCUT2D eigenvalue weighted by atomic mass is 9.94. The lowest BCUT2D eigenvalue weighted by Gasteiger charge is -2.41. The van der Waals surface area contributed by atoms with Gasteiger partial charge in [-0.05, 0) is 49.6 Å². The number of aryl methyl sites for hydroxylation is 1. The minimum atomic E-state index is -0.321. The fourth-order valence-electron chi connectivity index (χ4n) is 4.74. The lowest BCUT2D eigenvalue weighted by molar-refractivity contribution is 0.0461. The van der Waals surface area contributed by atoms with E-state index in [0.29, 0.717) is 23.3 Å². The van der Waals surface area contributed by atoms with E-state index in [1.807, 2.05) is 6.92 Å². The van der Waals surface area contributed by atoms with E-state index in [1.165, 1.54) is 19.2 Å². The summed E-state index contributed by atoms with van der Waals surface area (Å²) in [7, 11) is 1.42. The SMILES string of the molecule is CCc1nn(-c2noc(C3CCN(CC4CN(C(=O)OC)C4)CC3)n2)c2cc(F)ccc12. The highest BCUT2D eigenvalue weighted by Gasteiger charge is 2.34. The van der Waals surface area contributed by atoms with E-state index in [-0.39, 0.29) is 17.8 Å². The molecular formula is C22H27FN6O3. The first kappa shape index (κ1) is 20.9. The molecule has 9 nitrogen and oxygen atoms in total. The predicted molar refractivity (Wildman–Crippen MR) is 114 cm³/mol. The van der Waals surface area contributed by atoms with Crippen molar-refractivity contribution in [2.24, 2.45) is 5.92 Å². The molecule has 2 aliphatic heterocycles. The third-order valence-electron chi connectivity index (χ3n) is 6.52. The molecule has 5 rings (SSSR count). The number of rotatable bonds is 5. The minimum absolute atomic E-state index is 0.199. The van der Waals surface area contributed by atoms with Gasteiger partial charge in [-0.2, -0.15) is 14.8 Å². The van der Waals surface area contributed by atoms with Crippen molar-refractivity contribution in [3.05, 3.63) is 35.6 Å². The second-order valence-corrected chi connectivity index (χ2v) is 8.62. The zero-order valence-corrected chi connectivity index (χ0v) is 18.3. The van der Waals surface area contributed by atoms with Crippen LogP contribution in [0.1, 0.15) is 37.3 Å². The first-order chi connectivity index (χ1) is 15.6. The van der Waals surface area contributed by atoms with Crippen LogP contribution in [0.25, 0.3) is 16.9 Å². The maximum absolute atomic E-state index is 13.8. The van der Waals surface area contributed by atoms with Gasteiger partial charge in [-0.25, -0.2) is 9.18 Å². The number of hydrogen-bond acceptors (Lipinski definition) is 7. The molecule has 4 heterocycles. The molecule has 0 N–H and O–H groups in total. The quantitative estimate of drug-likeness (QED) is 0.600. The van der Waals surface area contributed by atoms with E-state index < -0.39 is 0 Å². The van der Waals surface area contributed by atoms with E-state index >= 15 is 0 Å². The number of halogens is 1. The van der Waals surface area contributed by atoms with E-state index in [1.54, 1.807) is 15.6 Å². The molecule has 3 aromatic rings. The fraction of sp³-hybridized carbons (Fsp3) is 0.545. The van der Waals surface area contributed by atoms with Crippen LogP contribution in [0.5, 0.6) is 0 Å². The van der Waals surface area contributed by atoms with Gasteiger partial charge in [0, 0.05) is 42.9 Å². The molecule has 0 unspecified atom stereocenters. The van der Waals surface area contributed by atoms with Crippen molar-refractivity contribution < 1.29 is 18.4 Å². The van der Waals surface area contributed by atoms with Gasteiger partial charge < -0.3 is 19.1 Å². The maximum Gasteiger partial charge on any atom is 0.409 e. The van der Waals surface area contributed by atoms with Crippen molar-refractivity contribution in [1.29, 1.82) is 0 Å². The van der Waals surface area contributed by atoms with Crippen molar-refractivity contribution in [2.75, 3.05) is 39.8 Å². The number of methoxy groups -OCH3 is 1. The Morgan fingerprint density at radius 3 is 2.78 bits per heavy atom. The average Bonchev–Trinajstić information content (AvgIpc) is 3.40. The number of ether oxygens (including phenoxy) is 1. The molecular weight excluding hydrogens is 415 g/mol. The predicted octanol–water partition coefficient (Wildman–Crippen LogP) is 2.99. The number of nitrogens with zero attached hydrogens (tertiary/aromatic N) is 6. The first-order valence-electron chi connectivity index (χ1n) is 11.1. The molecule has 2 aliphatic rings. The highest BCUT2D eigenvalue weighted by atomic mass is 19.1. The van der Waals surface area contributed by atoms with Gasteiger partial charge in [0.1, 0.15) is 5.82 Å². The highest BCUT2D eigenvalue weighted by Crippen LogP contribution is 2.29. The summed E-state index contributed by atoms with van der Waals surface area (Å²) in [6, 6.07) is 4.65. The van der Waals surface area contributed by atoms with Crippen LogP contribution in [0.15, 0.2) is 22.7 Å². The van der Waals surface area contributed by atoms with Crippen LogP contribution in [-0.2, 0) is 11.2 Å². The molecule has 0 aliphatic carbocycles. The smallest absolute Gasteiger partial charge is 0.409 e. The molecule has 0 radical (unpaired) electrons. The van der Waals surface area contributed by atoms with Crippen molar-refractivity contribution >= 4 is 17.0 Å². The van der Waals surface area contributed by atoms with Gasteiger partial charge in [0.05, 0.1) is 18.3 Å². The molecule has 10 heteroatoms. The average molecular weight is 442 g/mol. The molecule has 170 valence electrons. The minimum Gasteiger partial charge on any atom is -0.453 e. The highest BCUT2D eigenvalue weighted by molar-refractivity contribution is 5.83. The Bertz CT molecular complexity index is 1110. The van der Waals surface area contributed by atoms with E-state index in [4.69, 9.17) is 9.26 Å². The Morgan fingerprint density at radius 1 is 1.28 bits per heavy atom. The summed E-state index contributed by atoms with van der Waals surface area (Å²) in [5, 5.41) is 9.62. The van der Waals surface area contributed by atoms with Gasteiger partial charge in [0.25, 0.3) is 5.95 Å². The van der Waals surface area contributed by atoms with Crippen LogP contribution >= 0.6 is 0 Å². The molecule has 0 bridgehead atoms. The number of aromatic nitrogens is 4. The Kier molecular flexibility index (Phi) is 5.54. The summed E-state index contributed by atoms with van der Waals surface area (Å²) in [4.78, 5) is 20.3. The molecule has 32 heavy (non-hydrogen) atoms. The van der Waals surface area contributed by atoms with Gasteiger partial charge in [-0.3, -0.25) is 0 Å². The number of carbonyl (C=O) groups is 1. The summed E-state index contributed by atoms with van der Waals surface area (Å²) in [6.07, 6.45) is 2.36. The largest absolute Gasteiger partial charge is 0.453 e. The normalized spacial score (nSPS) is 18.3. The molecule has 0 atom stereocenters. The van der Waals surface area contributed by atoms with Crippen molar-refractivity contribution in [3.8, 4) is 5.95 Å². The van der Waals surface area contributed by atoms with Crippen LogP contribution in [0.3, 0.4) is 0 Å². The number of carbonyl (C=O) groups excluding carboxylic acids is 1. The van der Waals surface area contributed by atoms with Gasteiger partial charge >= 0.3 is 6.09 Å². The molecule has 0 saturated carbocycles. The topological polar surface area (TPSA) is 89.5 Å². The van der Waals surface area contributed by atoms with Gasteiger partial charge in [-0.15, -0.1) is 0 Å². The number of likely N-dealkylation sites (tertiary alicyclic amines) is 2. The summed E-state index contributed by atoms with van der Waals surface area (Å²) >= 11 is 0. The summed E-state index contributed by atoms with van der Waals surface area (Å²) in [5.74, 6) is 1.33. The lowest BCUT2D eigenvalue weighted by Crippen LogP contribution is -2.54. The third kappa shape index (κ3) is 3.83. The van der Waals surface area contributed by atoms with E-state index in [9.17, 15) is 9.18 Å². The molecule has 1 amide bonds.